The lowest BCUT2D eigenvalue weighted by molar-refractivity contribution is -0.144. The molecule has 1 aromatic heterocycles. The molecule has 5 rings (SSSR count). The Hall–Kier alpha value is -2.87. The van der Waals surface area contributed by atoms with Crippen molar-refractivity contribution in [1.82, 2.24) is 20.0 Å². The van der Waals surface area contributed by atoms with Crippen LogP contribution >= 0.6 is 11.6 Å². The molecule has 0 radical (unpaired) electrons. The molecule has 1 saturated heterocycles. The summed E-state index contributed by atoms with van der Waals surface area (Å²) in [5.41, 5.74) is 1.46. The van der Waals surface area contributed by atoms with Crippen molar-refractivity contribution in [2.24, 2.45) is 13.0 Å². The first-order valence-electron chi connectivity index (χ1n) is 9.49. The quantitative estimate of drug-likeness (QED) is 0.828. The third kappa shape index (κ3) is 2.73. The van der Waals surface area contributed by atoms with Crippen molar-refractivity contribution in [2.45, 2.75) is 30.9 Å². The van der Waals surface area contributed by atoms with Gasteiger partial charge >= 0.3 is 6.09 Å². The fourth-order valence-corrected chi connectivity index (χ4v) is 4.97. The van der Waals surface area contributed by atoms with Crippen LogP contribution in [-0.2, 0) is 23.0 Å². The number of alkyl carbamates (subject to hydrolysis) is 1. The molecule has 3 aliphatic rings. The number of aromatic nitrogens is 2. The van der Waals surface area contributed by atoms with E-state index in [1.807, 2.05) is 36.2 Å². The van der Waals surface area contributed by atoms with Gasteiger partial charge in [-0.05, 0) is 17.5 Å². The number of aryl methyl sites for hydroxylation is 1. The van der Waals surface area contributed by atoms with E-state index < -0.39 is 11.7 Å². The van der Waals surface area contributed by atoms with Crippen LogP contribution in [0.3, 0.4) is 0 Å². The Labute approximate surface area is 171 Å². The molecule has 1 aromatic carbocycles. The molecule has 1 unspecified atom stereocenters. The minimum atomic E-state index is -1.06. The maximum Gasteiger partial charge on any atom is 0.415 e. The van der Waals surface area contributed by atoms with Crippen molar-refractivity contribution in [3.63, 3.8) is 0 Å². The first-order chi connectivity index (χ1) is 13.9. The highest BCUT2D eigenvalue weighted by molar-refractivity contribution is 6.31. The standard InChI is InChI=1S/C20H19ClN4O4/c1-24-16(14(21)9-22-24)6-15-12-4-2-3-5-13(12)17(26)25(15)10-11-7-20(8-11)18(27)23-19(28)29-20/h2-5,9,11,15H,6-8,10H2,1H3,(H,23,27,28). The van der Waals surface area contributed by atoms with Crippen LogP contribution in [0.2, 0.25) is 5.02 Å². The van der Waals surface area contributed by atoms with E-state index in [0.29, 0.717) is 36.4 Å². The number of nitrogens with zero attached hydrogens (tertiary/aromatic N) is 3. The molecule has 2 fully saturated rings. The summed E-state index contributed by atoms with van der Waals surface area (Å²) in [7, 11) is 1.83. The Morgan fingerprint density at radius 1 is 1.28 bits per heavy atom. The Morgan fingerprint density at radius 3 is 2.69 bits per heavy atom. The Kier molecular flexibility index (Phi) is 3.96. The predicted octanol–water partition coefficient (Wildman–Crippen LogP) is 2.23. The summed E-state index contributed by atoms with van der Waals surface area (Å²) in [6.45, 7) is 0.486. The van der Waals surface area contributed by atoms with E-state index in [1.54, 1.807) is 10.9 Å². The number of amides is 3. The molecule has 1 atom stereocenters. The van der Waals surface area contributed by atoms with Gasteiger partial charge in [0.2, 0.25) is 0 Å². The van der Waals surface area contributed by atoms with E-state index in [-0.39, 0.29) is 23.8 Å². The third-order valence-corrected chi connectivity index (χ3v) is 6.51. The van der Waals surface area contributed by atoms with Crippen LogP contribution in [0.25, 0.3) is 0 Å². The van der Waals surface area contributed by atoms with Crippen molar-refractivity contribution in [3.8, 4) is 0 Å². The van der Waals surface area contributed by atoms with Gasteiger partial charge in [-0.25, -0.2) is 4.79 Å². The highest BCUT2D eigenvalue weighted by Gasteiger charge is 2.58. The number of ether oxygens (including phenoxy) is 1. The molecule has 1 N–H and O–H groups in total. The monoisotopic (exact) mass is 414 g/mol. The number of carbonyl (C=O) groups is 3. The smallest absolute Gasteiger partial charge is 0.415 e. The zero-order chi connectivity index (χ0) is 20.3. The average molecular weight is 415 g/mol. The van der Waals surface area contributed by atoms with Crippen LogP contribution in [0.1, 0.15) is 40.5 Å². The molecule has 3 amide bonds. The number of halogens is 1. The van der Waals surface area contributed by atoms with E-state index in [2.05, 4.69) is 10.4 Å². The molecule has 1 aliphatic carbocycles. The summed E-state index contributed by atoms with van der Waals surface area (Å²) >= 11 is 6.31. The van der Waals surface area contributed by atoms with E-state index in [1.165, 1.54) is 0 Å². The lowest BCUT2D eigenvalue weighted by atomic mass is 9.70. The summed E-state index contributed by atoms with van der Waals surface area (Å²) in [4.78, 5) is 38.3. The van der Waals surface area contributed by atoms with Crippen LogP contribution in [-0.4, -0.2) is 44.7 Å². The van der Waals surface area contributed by atoms with Gasteiger partial charge in [0.15, 0.2) is 5.60 Å². The second kappa shape index (κ2) is 6.32. The second-order valence-electron chi connectivity index (χ2n) is 7.94. The number of rotatable bonds is 4. The van der Waals surface area contributed by atoms with Gasteiger partial charge in [-0.3, -0.25) is 19.6 Å². The fourth-order valence-electron chi connectivity index (χ4n) is 4.73. The molecule has 3 heterocycles. The summed E-state index contributed by atoms with van der Waals surface area (Å²) in [6.07, 6.45) is 2.30. The van der Waals surface area contributed by atoms with Crippen molar-refractivity contribution < 1.29 is 19.1 Å². The van der Waals surface area contributed by atoms with E-state index in [0.717, 1.165) is 11.3 Å². The van der Waals surface area contributed by atoms with Crippen LogP contribution in [0, 0.1) is 5.92 Å². The fraction of sp³-hybridized carbons (Fsp3) is 0.400. The van der Waals surface area contributed by atoms with Gasteiger partial charge in [-0.1, -0.05) is 29.8 Å². The first-order valence-corrected chi connectivity index (χ1v) is 9.86. The van der Waals surface area contributed by atoms with Crippen molar-refractivity contribution in [3.05, 3.63) is 52.3 Å². The van der Waals surface area contributed by atoms with Gasteiger partial charge in [0.25, 0.3) is 11.8 Å². The molecular weight excluding hydrogens is 396 g/mol. The zero-order valence-corrected chi connectivity index (χ0v) is 16.5. The maximum atomic E-state index is 13.1. The molecule has 29 heavy (non-hydrogen) atoms. The number of imide groups is 1. The van der Waals surface area contributed by atoms with Crippen molar-refractivity contribution in [2.75, 3.05) is 6.54 Å². The highest BCUT2D eigenvalue weighted by atomic mass is 35.5. The van der Waals surface area contributed by atoms with Crippen molar-refractivity contribution in [1.29, 1.82) is 0 Å². The Bertz CT molecular complexity index is 1020. The number of nitrogens with one attached hydrogen (secondary N) is 1. The van der Waals surface area contributed by atoms with Gasteiger partial charge in [0.05, 0.1) is 23.0 Å². The topological polar surface area (TPSA) is 93.5 Å². The van der Waals surface area contributed by atoms with Crippen LogP contribution < -0.4 is 5.32 Å². The number of hydrogen-bond acceptors (Lipinski definition) is 5. The largest absolute Gasteiger partial charge is 0.432 e. The minimum absolute atomic E-state index is 0.0299. The molecular formula is C20H19ClN4O4. The minimum Gasteiger partial charge on any atom is -0.432 e. The van der Waals surface area contributed by atoms with E-state index in [9.17, 15) is 14.4 Å². The van der Waals surface area contributed by atoms with Gasteiger partial charge in [-0.2, -0.15) is 5.10 Å². The molecule has 150 valence electrons. The van der Waals surface area contributed by atoms with E-state index in [4.69, 9.17) is 16.3 Å². The SMILES string of the molecule is Cn1ncc(Cl)c1CC1c2ccccc2C(=O)N1CC1CC2(C1)OC(=O)NC2=O. The maximum absolute atomic E-state index is 13.1. The summed E-state index contributed by atoms with van der Waals surface area (Å²) in [6, 6.07) is 7.42. The second-order valence-corrected chi connectivity index (χ2v) is 8.35. The predicted molar refractivity (Wildman–Crippen MR) is 102 cm³/mol. The number of hydrogen-bond donors (Lipinski definition) is 1. The Balaban J connectivity index is 1.39. The summed E-state index contributed by atoms with van der Waals surface area (Å²) in [5.74, 6) is -0.333. The van der Waals surface area contributed by atoms with Gasteiger partial charge in [0.1, 0.15) is 0 Å². The Morgan fingerprint density at radius 2 is 2.03 bits per heavy atom. The average Bonchev–Trinajstić information content (AvgIpc) is 3.24. The normalized spacial score (nSPS) is 27.8. The molecule has 1 spiro atoms. The van der Waals surface area contributed by atoms with E-state index >= 15 is 0 Å². The lowest BCUT2D eigenvalue weighted by Gasteiger charge is -2.43. The molecule has 2 aromatic rings. The van der Waals surface area contributed by atoms with Crippen molar-refractivity contribution >= 4 is 29.5 Å². The number of fused-ring (bicyclic) bond motifs is 1. The van der Waals surface area contributed by atoms with Gasteiger partial charge < -0.3 is 9.64 Å². The molecule has 8 nitrogen and oxygen atoms in total. The number of benzene rings is 1. The summed E-state index contributed by atoms with van der Waals surface area (Å²) < 4.78 is 6.92. The molecule has 0 bridgehead atoms. The van der Waals surface area contributed by atoms with Gasteiger partial charge in [0, 0.05) is 38.4 Å². The molecule has 9 heteroatoms. The zero-order valence-electron chi connectivity index (χ0n) is 15.7. The van der Waals surface area contributed by atoms with Crippen LogP contribution in [0.4, 0.5) is 4.79 Å². The number of carbonyl (C=O) groups excluding carboxylic acids is 3. The van der Waals surface area contributed by atoms with Gasteiger partial charge in [-0.15, -0.1) is 0 Å². The summed E-state index contributed by atoms with van der Waals surface area (Å²) in [5, 5.41) is 6.96. The van der Waals surface area contributed by atoms with Crippen LogP contribution in [0.5, 0.6) is 0 Å². The molecule has 2 aliphatic heterocycles. The highest BCUT2D eigenvalue weighted by Crippen LogP contribution is 2.46. The molecule has 1 saturated carbocycles. The lowest BCUT2D eigenvalue weighted by Crippen LogP contribution is -2.53. The third-order valence-electron chi connectivity index (χ3n) is 6.19. The van der Waals surface area contributed by atoms with Crippen LogP contribution in [0.15, 0.2) is 30.5 Å². The first kappa shape index (κ1) is 18.2.